The number of anilines is 2. The summed E-state index contributed by atoms with van der Waals surface area (Å²) in [5.41, 5.74) is 2.65. The molecule has 5 rings (SSSR count). The molecule has 3 amide bonds. The van der Waals surface area contributed by atoms with Crippen molar-refractivity contribution in [3.8, 4) is 11.1 Å². The molecule has 3 aromatic carbocycles. The largest absolute Gasteiger partial charge is 0.480 e. The maximum atomic E-state index is 14.2. The quantitative estimate of drug-likeness (QED) is 0.323. The predicted octanol–water partition coefficient (Wildman–Crippen LogP) is 6.57. The van der Waals surface area contributed by atoms with Crippen LogP contribution in [0, 0.1) is 5.92 Å². The number of halogens is 3. The number of nitrogens with zero attached hydrogens (tertiary/aromatic N) is 1. The lowest BCUT2D eigenvalue weighted by Gasteiger charge is -2.27. The van der Waals surface area contributed by atoms with E-state index in [0.717, 1.165) is 30.9 Å². The van der Waals surface area contributed by atoms with Crippen LogP contribution < -0.4 is 10.6 Å². The molecule has 1 atom stereocenters. The predicted molar refractivity (Wildman–Crippen MR) is 144 cm³/mol. The van der Waals surface area contributed by atoms with Gasteiger partial charge in [-0.25, -0.2) is 9.59 Å². The Bertz CT molecular complexity index is 1520. The first-order chi connectivity index (χ1) is 18.9. The minimum atomic E-state index is -4.75. The van der Waals surface area contributed by atoms with Crippen molar-refractivity contribution in [2.24, 2.45) is 5.92 Å². The number of carbonyl (C=O) groups excluding carboxylic acids is 2. The number of amides is 3. The van der Waals surface area contributed by atoms with Crippen molar-refractivity contribution < 1.29 is 32.7 Å². The van der Waals surface area contributed by atoms with Gasteiger partial charge in [0.05, 0.1) is 5.56 Å². The lowest BCUT2D eigenvalue weighted by Crippen LogP contribution is -2.44. The summed E-state index contributed by atoms with van der Waals surface area (Å²) in [5, 5.41) is 14.8. The van der Waals surface area contributed by atoms with E-state index >= 15 is 0 Å². The number of aliphatic carboxylic acids is 1. The normalized spacial score (nSPS) is 15.2. The van der Waals surface area contributed by atoms with E-state index in [1.54, 1.807) is 26.0 Å². The Hall–Kier alpha value is -4.34. The third-order valence-corrected chi connectivity index (χ3v) is 7.41. The first-order valence-corrected chi connectivity index (χ1v) is 13.0. The highest BCUT2D eigenvalue weighted by atomic mass is 19.4. The van der Waals surface area contributed by atoms with Gasteiger partial charge in [-0.2, -0.15) is 13.2 Å². The Balaban J connectivity index is 1.39. The number of carboxylic acids is 1. The second kappa shape index (κ2) is 10.3. The average Bonchev–Trinajstić information content (AvgIpc) is 3.47. The van der Waals surface area contributed by atoms with E-state index in [0.29, 0.717) is 11.3 Å². The summed E-state index contributed by atoms with van der Waals surface area (Å²) in [6.07, 6.45) is -1.78. The van der Waals surface area contributed by atoms with Crippen molar-refractivity contribution in [1.29, 1.82) is 0 Å². The van der Waals surface area contributed by atoms with Gasteiger partial charge >= 0.3 is 18.2 Å². The van der Waals surface area contributed by atoms with Crippen LogP contribution in [0.15, 0.2) is 54.6 Å². The van der Waals surface area contributed by atoms with E-state index in [-0.39, 0.29) is 34.8 Å². The number of carbonyl (C=O) groups is 3. The zero-order chi connectivity index (χ0) is 28.8. The summed E-state index contributed by atoms with van der Waals surface area (Å²) in [5.74, 6) is -2.03. The smallest absolute Gasteiger partial charge is 0.417 e. The highest BCUT2D eigenvalue weighted by Gasteiger charge is 2.39. The molecule has 1 aliphatic carbocycles. The number of rotatable bonds is 6. The number of urea groups is 1. The minimum absolute atomic E-state index is 0.0422. The number of aryl methyl sites for hydroxylation is 2. The maximum Gasteiger partial charge on any atom is 0.417 e. The van der Waals surface area contributed by atoms with Gasteiger partial charge in [0.25, 0.3) is 5.91 Å². The molecule has 1 heterocycles. The van der Waals surface area contributed by atoms with E-state index in [4.69, 9.17) is 0 Å². The van der Waals surface area contributed by atoms with E-state index in [9.17, 15) is 32.7 Å². The molecular weight excluding hydrogens is 523 g/mol. The Morgan fingerprint density at radius 2 is 1.52 bits per heavy atom. The number of hydrogen-bond donors (Lipinski definition) is 3. The van der Waals surface area contributed by atoms with Crippen LogP contribution in [0.4, 0.5) is 29.3 Å². The molecule has 2 aliphatic rings. The Morgan fingerprint density at radius 3 is 2.20 bits per heavy atom. The molecule has 3 aromatic rings. The van der Waals surface area contributed by atoms with E-state index in [2.05, 4.69) is 10.6 Å². The molecule has 7 nitrogen and oxygen atoms in total. The molecule has 208 valence electrons. The zero-order valence-electron chi connectivity index (χ0n) is 21.9. The summed E-state index contributed by atoms with van der Waals surface area (Å²) in [6, 6.07) is 11.8. The molecule has 0 unspecified atom stereocenters. The molecule has 0 aromatic heterocycles. The van der Waals surface area contributed by atoms with Crippen LogP contribution in [-0.2, 0) is 30.4 Å². The van der Waals surface area contributed by atoms with Crippen LogP contribution in [0.3, 0.4) is 0 Å². The second-order valence-corrected chi connectivity index (χ2v) is 10.5. The molecule has 40 heavy (non-hydrogen) atoms. The van der Waals surface area contributed by atoms with Gasteiger partial charge in [-0.1, -0.05) is 38.1 Å². The Labute approximate surface area is 229 Å². The second-order valence-electron chi connectivity index (χ2n) is 10.5. The van der Waals surface area contributed by atoms with E-state index in [1.165, 1.54) is 34.7 Å². The van der Waals surface area contributed by atoms with Crippen LogP contribution in [0.2, 0.25) is 0 Å². The fraction of sp³-hybridized carbons (Fsp3) is 0.300. The summed E-state index contributed by atoms with van der Waals surface area (Å²) < 4.78 is 42.5. The number of hydrogen-bond acceptors (Lipinski definition) is 3. The molecule has 0 saturated heterocycles. The first-order valence-electron chi connectivity index (χ1n) is 13.0. The fourth-order valence-electron chi connectivity index (χ4n) is 5.55. The minimum Gasteiger partial charge on any atom is -0.480 e. The summed E-state index contributed by atoms with van der Waals surface area (Å²) in [4.78, 5) is 38.6. The number of fused-ring (bicyclic) bond motifs is 2. The topological polar surface area (TPSA) is 98.7 Å². The van der Waals surface area contributed by atoms with Gasteiger partial charge in [0.15, 0.2) is 0 Å². The molecule has 0 bridgehead atoms. The van der Waals surface area contributed by atoms with E-state index < -0.39 is 35.7 Å². The van der Waals surface area contributed by atoms with Gasteiger partial charge < -0.3 is 20.6 Å². The first kappa shape index (κ1) is 27.2. The van der Waals surface area contributed by atoms with Gasteiger partial charge in [0.2, 0.25) is 0 Å². The molecule has 1 aliphatic heterocycles. The standard InChI is InChI=1S/C30H28F3N3O4/c1-16(2)26(28(38)39)36-15-20-7-6-19(13-24(20)27(36)37)23-11-10-22(14-25(23)30(31,32)33)35-29(40)34-21-9-8-17-4-3-5-18(17)12-21/h6-14,16,26H,3-5,15H2,1-2H3,(H,38,39)(H2,34,35,40)/t26-/m0/s1. The molecule has 0 fully saturated rings. The monoisotopic (exact) mass is 551 g/mol. The highest BCUT2D eigenvalue weighted by molar-refractivity contribution is 6.02. The Morgan fingerprint density at radius 1 is 0.875 bits per heavy atom. The van der Waals surface area contributed by atoms with Crippen molar-refractivity contribution in [1.82, 2.24) is 4.90 Å². The van der Waals surface area contributed by atoms with Gasteiger partial charge in [0, 0.05) is 23.5 Å². The third kappa shape index (κ3) is 5.25. The number of alkyl halides is 3. The summed E-state index contributed by atoms with van der Waals surface area (Å²) in [6.45, 7) is 3.45. The van der Waals surface area contributed by atoms with Gasteiger partial charge in [-0.15, -0.1) is 0 Å². The molecule has 10 heteroatoms. The average molecular weight is 552 g/mol. The molecule has 0 saturated carbocycles. The van der Waals surface area contributed by atoms with Crippen molar-refractivity contribution in [3.05, 3.63) is 82.4 Å². The van der Waals surface area contributed by atoms with Gasteiger partial charge in [-0.3, -0.25) is 4.79 Å². The number of nitrogens with one attached hydrogen (secondary N) is 2. The van der Waals surface area contributed by atoms with Crippen LogP contribution in [0.1, 0.15) is 52.9 Å². The zero-order valence-corrected chi connectivity index (χ0v) is 21.9. The van der Waals surface area contributed by atoms with Crippen molar-refractivity contribution in [2.75, 3.05) is 10.6 Å². The van der Waals surface area contributed by atoms with Crippen molar-refractivity contribution in [2.45, 2.75) is 51.9 Å². The third-order valence-electron chi connectivity index (χ3n) is 7.41. The van der Waals surface area contributed by atoms with Crippen LogP contribution in [-0.4, -0.2) is 34.0 Å². The summed E-state index contributed by atoms with van der Waals surface area (Å²) >= 11 is 0. The van der Waals surface area contributed by atoms with Crippen LogP contribution in [0.5, 0.6) is 0 Å². The van der Waals surface area contributed by atoms with Gasteiger partial charge in [0.1, 0.15) is 6.04 Å². The molecular formula is C30H28F3N3O4. The van der Waals surface area contributed by atoms with Crippen molar-refractivity contribution in [3.63, 3.8) is 0 Å². The SMILES string of the molecule is CC(C)[C@@H](C(=O)O)N1Cc2ccc(-c3ccc(NC(=O)Nc4ccc5c(c4)CCC5)cc3C(F)(F)F)cc2C1=O. The van der Waals surface area contributed by atoms with Crippen LogP contribution in [0.25, 0.3) is 11.1 Å². The lowest BCUT2D eigenvalue weighted by atomic mass is 9.95. The lowest BCUT2D eigenvalue weighted by molar-refractivity contribution is -0.144. The fourth-order valence-corrected chi connectivity index (χ4v) is 5.55. The maximum absolute atomic E-state index is 14.2. The molecule has 0 radical (unpaired) electrons. The number of carboxylic acid groups (broad SMARTS) is 1. The summed E-state index contributed by atoms with van der Waals surface area (Å²) in [7, 11) is 0. The number of benzene rings is 3. The molecule has 3 N–H and O–H groups in total. The van der Waals surface area contributed by atoms with E-state index in [1.807, 2.05) is 12.1 Å². The van der Waals surface area contributed by atoms with Crippen LogP contribution >= 0.6 is 0 Å². The van der Waals surface area contributed by atoms with Crippen molar-refractivity contribution >= 4 is 29.3 Å². The Kier molecular flexibility index (Phi) is 7.03. The highest BCUT2D eigenvalue weighted by Crippen LogP contribution is 2.40. The van der Waals surface area contributed by atoms with Gasteiger partial charge in [-0.05, 0) is 83.3 Å². The molecule has 0 spiro atoms.